The zero-order chi connectivity index (χ0) is 25.3. The van der Waals surface area contributed by atoms with Crippen LogP contribution in [0.25, 0.3) is 0 Å². The standard InChI is InChI=1S/C30H40N4O2/c1-23-25(11-8-18-31-23)19-27(35)21-33-22-29(34(28(33)36)20-24-9-7-10-24)14-16-30(17-15-29,32(2)3)26-12-5-4-6-13-26/h4-6,8,11-13,18,24H,7,9-10,14-17,19-22H2,1-3H3. The van der Waals surface area contributed by atoms with E-state index in [4.69, 9.17) is 0 Å². The van der Waals surface area contributed by atoms with Crippen molar-refractivity contribution in [3.8, 4) is 0 Å². The number of amides is 2. The van der Waals surface area contributed by atoms with Crippen LogP contribution in [-0.2, 0) is 16.8 Å². The van der Waals surface area contributed by atoms with E-state index in [2.05, 4.69) is 59.2 Å². The molecular weight excluding hydrogens is 448 g/mol. The Labute approximate surface area is 215 Å². The summed E-state index contributed by atoms with van der Waals surface area (Å²) in [4.78, 5) is 37.5. The Morgan fingerprint density at radius 1 is 1.06 bits per heavy atom. The first-order valence-corrected chi connectivity index (χ1v) is 13.5. The minimum Gasteiger partial charge on any atom is -0.317 e. The number of Topliss-reactive ketones (excluding diaryl/α,β-unsaturated/α-hetero) is 1. The molecule has 2 aliphatic carbocycles. The molecule has 3 fully saturated rings. The van der Waals surface area contributed by atoms with Crippen molar-refractivity contribution in [3.63, 3.8) is 0 Å². The Bertz CT molecular complexity index is 1090. The number of carbonyl (C=O) groups is 2. The minimum absolute atomic E-state index is 0.0151. The minimum atomic E-state index is -0.175. The molecular formula is C30H40N4O2. The van der Waals surface area contributed by atoms with E-state index in [1.54, 1.807) is 6.20 Å². The third-order valence-electron chi connectivity index (χ3n) is 9.27. The maximum atomic E-state index is 13.8. The van der Waals surface area contributed by atoms with Crippen molar-refractivity contribution in [2.75, 3.05) is 33.7 Å². The van der Waals surface area contributed by atoms with Crippen LogP contribution in [0.2, 0.25) is 0 Å². The van der Waals surface area contributed by atoms with Gasteiger partial charge in [-0.1, -0.05) is 42.8 Å². The number of urea groups is 1. The van der Waals surface area contributed by atoms with E-state index in [1.807, 2.05) is 24.0 Å². The number of hydrogen-bond donors (Lipinski definition) is 0. The molecule has 2 amide bonds. The number of aryl methyl sites for hydroxylation is 1. The largest absolute Gasteiger partial charge is 0.321 e. The summed E-state index contributed by atoms with van der Waals surface area (Å²) in [5.74, 6) is 0.692. The molecule has 1 aromatic carbocycles. The second-order valence-corrected chi connectivity index (χ2v) is 11.5. The Kier molecular flexibility index (Phi) is 6.90. The summed E-state index contributed by atoms with van der Waals surface area (Å²) in [7, 11) is 4.37. The van der Waals surface area contributed by atoms with Gasteiger partial charge in [-0.3, -0.25) is 14.7 Å². The van der Waals surface area contributed by atoms with E-state index < -0.39 is 0 Å². The smallest absolute Gasteiger partial charge is 0.317 e. The third kappa shape index (κ3) is 4.56. The molecule has 3 aliphatic rings. The van der Waals surface area contributed by atoms with Crippen LogP contribution in [0.1, 0.15) is 61.8 Å². The molecule has 0 bridgehead atoms. The van der Waals surface area contributed by atoms with Gasteiger partial charge in [0, 0.05) is 36.9 Å². The van der Waals surface area contributed by atoms with Crippen molar-refractivity contribution in [2.45, 2.75) is 69.4 Å². The van der Waals surface area contributed by atoms with E-state index in [0.717, 1.165) is 43.5 Å². The highest BCUT2D eigenvalue weighted by Gasteiger charge is 2.55. The summed E-state index contributed by atoms with van der Waals surface area (Å²) in [5.41, 5.74) is 3.00. The summed E-state index contributed by atoms with van der Waals surface area (Å²) in [6.45, 7) is 3.62. The van der Waals surface area contributed by atoms with Gasteiger partial charge in [-0.15, -0.1) is 0 Å². The van der Waals surface area contributed by atoms with Crippen LogP contribution in [0.4, 0.5) is 4.79 Å². The lowest BCUT2D eigenvalue weighted by molar-refractivity contribution is -0.119. The topological polar surface area (TPSA) is 56.8 Å². The van der Waals surface area contributed by atoms with E-state index in [9.17, 15) is 9.59 Å². The van der Waals surface area contributed by atoms with E-state index in [-0.39, 0.29) is 29.4 Å². The highest BCUT2D eigenvalue weighted by atomic mass is 16.2. The number of aromatic nitrogens is 1. The third-order valence-corrected chi connectivity index (χ3v) is 9.27. The first-order valence-electron chi connectivity index (χ1n) is 13.5. The molecule has 192 valence electrons. The van der Waals surface area contributed by atoms with Gasteiger partial charge >= 0.3 is 6.03 Å². The van der Waals surface area contributed by atoms with Crippen LogP contribution in [-0.4, -0.2) is 70.8 Å². The molecule has 0 radical (unpaired) electrons. The molecule has 2 aromatic rings. The molecule has 6 nitrogen and oxygen atoms in total. The quantitative estimate of drug-likeness (QED) is 0.535. The van der Waals surface area contributed by atoms with E-state index >= 15 is 0 Å². The summed E-state index contributed by atoms with van der Waals surface area (Å²) in [6, 6.07) is 14.7. The van der Waals surface area contributed by atoms with Crippen molar-refractivity contribution >= 4 is 11.8 Å². The number of carbonyl (C=O) groups excluding carboxylic acids is 2. The second kappa shape index (κ2) is 9.97. The van der Waals surface area contributed by atoms with Crippen molar-refractivity contribution < 1.29 is 9.59 Å². The summed E-state index contributed by atoms with van der Waals surface area (Å²) >= 11 is 0. The van der Waals surface area contributed by atoms with Crippen molar-refractivity contribution in [1.29, 1.82) is 0 Å². The molecule has 2 heterocycles. The zero-order valence-electron chi connectivity index (χ0n) is 22.1. The van der Waals surface area contributed by atoms with Crippen LogP contribution in [0.15, 0.2) is 48.7 Å². The average Bonchev–Trinajstić information content (AvgIpc) is 3.08. The lowest BCUT2D eigenvalue weighted by Gasteiger charge is -2.51. The van der Waals surface area contributed by atoms with Crippen molar-refractivity contribution in [3.05, 3.63) is 65.5 Å². The highest BCUT2D eigenvalue weighted by molar-refractivity contribution is 5.88. The summed E-state index contributed by atoms with van der Waals surface area (Å²) < 4.78 is 0. The van der Waals surface area contributed by atoms with Gasteiger partial charge in [0.2, 0.25) is 0 Å². The van der Waals surface area contributed by atoms with Crippen LogP contribution in [0, 0.1) is 12.8 Å². The van der Waals surface area contributed by atoms with Gasteiger partial charge in [-0.2, -0.15) is 0 Å². The van der Waals surface area contributed by atoms with Gasteiger partial charge in [0.25, 0.3) is 0 Å². The SMILES string of the molecule is Cc1ncccc1CC(=O)CN1CC2(CCC(c3ccccc3)(N(C)C)CC2)N(CC2CCC2)C1=O. The fourth-order valence-corrected chi connectivity index (χ4v) is 6.70. The van der Waals surface area contributed by atoms with Gasteiger partial charge < -0.3 is 9.80 Å². The molecule has 1 aliphatic heterocycles. The number of pyridine rings is 1. The Morgan fingerprint density at radius 3 is 2.39 bits per heavy atom. The Morgan fingerprint density at radius 2 is 1.78 bits per heavy atom. The molecule has 0 atom stereocenters. The molecule has 2 saturated carbocycles. The number of rotatable bonds is 8. The van der Waals surface area contributed by atoms with Crippen molar-refractivity contribution in [2.24, 2.45) is 5.92 Å². The van der Waals surface area contributed by atoms with Gasteiger partial charge in [0.05, 0.1) is 12.1 Å². The molecule has 1 saturated heterocycles. The second-order valence-electron chi connectivity index (χ2n) is 11.5. The molecule has 1 spiro atoms. The number of hydrogen-bond acceptors (Lipinski definition) is 4. The van der Waals surface area contributed by atoms with Gasteiger partial charge in [0.15, 0.2) is 5.78 Å². The Balaban J connectivity index is 1.35. The van der Waals surface area contributed by atoms with Crippen LogP contribution in [0.3, 0.4) is 0 Å². The molecule has 1 aromatic heterocycles. The number of nitrogens with zero attached hydrogens (tertiary/aromatic N) is 4. The first kappa shape index (κ1) is 24.9. The zero-order valence-corrected chi connectivity index (χ0v) is 22.1. The maximum Gasteiger partial charge on any atom is 0.321 e. The predicted octanol–water partition coefficient (Wildman–Crippen LogP) is 4.81. The fourth-order valence-electron chi connectivity index (χ4n) is 6.70. The maximum absolute atomic E-state index is 13.8. The lowest BCUT2D eigenvalue weighted by atomic mass is 9.68. The van der Waals surface area contributed by atoms with Crippen LogP contribution < -0.4 is 0 Å². The van der Waals surface area contributed by atoms with Gasteiger partial charge in [-0.05, 0) is 82.7 Å². The monoisotopic (exact) mass is 488 g/mol. The van der Waals surface area contributed by atoms with Crippen LogP contribution in [0.5, 0.6) is 0 Å². The molecule has 36 heavy (non-hydrogen) atoms. The number of benzene rings is 1. The normalized spacial score (nSPS) is 26.6. The summed E-state index contributed by atoms with van der Waals surface area (Å²) in [5, 5.41) is 0. The molecule has 0 unspecified atom stereocenters. The Hall–Kier alpha value is -2.73. The highest BCUT2D eigenvalue weighted by Crippen LogP contribution is 2.49. The van der Waals surface area contributed by atoms with Gasteiger partial charge in [-0.25, -0.2) is 4.79 Å². The number of ketones is 1. The molecule has 5 rings (SSSR count). The van der Waals surface area contributed by atoms with Crippen LogP contribution >= 0.6 is 0 Å². The lowest BCUT2D eigenvalue weighted by Crippen LogP contribution is -2.56. The van der Waals surface area contributed by atoms with E-state index in [0.29, 0.717) is 18.9 Å². The predicted molar refractivity (Wildman–Crippen MR) is 142 cm³/mol. The molecule has 6 heteroatoms. The van der Waals surface area contributed by atoms with Gasteiger partial charge in [0.1, 0.15) is 0 Å². The first-order chi connectivity index (χ1) is 17.3. The average molecular weight is 489 g/mol. The molecule has 0 N–H and O–H groups in total. The fraction of sp³-hybridized carbons (Fsp3) is 0.567. The van der Waals surface area contributed by atoms with Crippen molar-refractivity contribution in [1.82, 2.24) is 19.7 Å². The summed E-state index contributed by atoms with van der Waals surface area (Å²) in [6.07, 6.45) is 9.72. The van der Waals surface area contributed by atoms with E-state index in [1.165, 1.54) is 24.8 Å².